The zero-order chi connectivity index (χ0) is 13.7. The monoisotopic (exact) mass is 260 g/mol. The quantitative estimate of drug-likeness (QED) is 0.818. The molecule has 0 aliphatic carbocycles. The molecule has 0 aromatic carbocycles. The highest BCUT2D eigenvalue weighted by molar-refractivity contribution is 5.58. The minimum Gasteiger partial charge on any atom is -0.358 e. The van der Waals surface area contributed by atoms with Crippen molar-refractivity contribution in [1.29, 1.82) is 0 Å². The van der Waals surface area contributed by atoms with Crippen molar-refractivity contribution in [1.82, 2.24) is 20.3 Å². The predicted octanol–water partition coefficient (Wildman–Crippen LogP) is 1.23. The minimum absolute atomic E-state index is 0.865. The van der Waals surface area contributed by atoms with E-state index < -0.39 is 0 Å². The Bertz CT molecular complexity index is 496. The van der Waals surface area contributed by atoms with E-state index in [1.54, 1.807) is 6.33 Å². The Kier molecular flexibility index (Phi) is 4.35. The standard InChI is InChI=1S/C13H20N6/c1-14-7-8-18(2)12-9-13(17-10-16-12)19(3)11-5-4-6-15-11/h4-6,9-10,14-15H,7-8H2,1-3H3. The minimum atomic E-state index is 0.865. The van der Waals surface area contributed by atoms with Gasteiger partial charge in [0.25, 0.3) is 0 Å². The summed E-state index contributed by atoms with van der Waals surface area (Å²) in [6.45, 7) is 1.82. The van der Waals surface area contributed by atoms with Crippen LogP contribution in [0.3, 0.4) is 0 Å². The summed E-state index contributed by atoms with van der Waals surface area (Å²) in [5, 5.41) is 3.13. The lowest BCUT2D eigenvalue weighted by molar-refractivity contribution is 0.760. The summed E-state index contributed by atoms with van der Waals surface area (Å²) in [4.78, 5) is 15.9. The summed E-state index contributed by atoms with van der Waals surface area (Å²) in [7, 11) is 5.95. The van der Waals surface area contributed by atoms with Crippen molar-refractivity contribution in [3.05, 3.63) is 30.7 Å². The Labute approximate surface area is 113 Å². The van der Waals surface area contributed by atoms with Crippen LogP contribution < -0.4 is 15.1 Å². The number of hydrogen-bond donors (Lipinski definition) is 2. The van der Waals surface area contributed by atoms with Crippen molar-refractivity contribution in [2.24, 2.45) is 0 Å². The Balaban J connectivity index is 2.15. The molecule has 2 N–H and O–H groups in total. The number of nitrogens with one attached hydrogen (secondary N) is 2. The predicted molar refractivity (Wildman–Crippen MR) is 78.1 cm³/mol. The molecule has 0 radical (unpaired) electrons. The van der Waals surface area contributed by atoms with E-state index in [-0.39, 0.29) is 0 Å². The van der Waals surface area contributed by atoms with Gasteiger partial charge in [0, 0.05) is 39.4 Å². The molecule has 2 heterocycles. The van der Waals surface area contributed by atoms with Gasteiger partial charge < -0.3 is 20.1 Å². The topological polar surface area (TPSA) is 60.1 Å². The molecular formula is C13H20N6. The molecule has 2 aromatic rings. The summed E-state index contributed by atoms with van der Waals surface area (Å²) in [5.41, 5.74) is 0. The third-order valence-electron chi connectivity index (χ3n) is 3.01. The molecule has 6 nitrogen and oxygen atoms in total. The summed E-state index contributed by atoms with van der Waals surface area (Å²) < 4.78 is 0. The van der Waals surface area contributed by atoms with Crippen molar-refractivity contribution in [2.45, 2.75) is 0 Å². The van der Waals surface area contributed by atoms with Crippen molar-refractivity contribution in [3.63, 3.8) is 0 Å². The van der Waals surface area contributed by atoms with E-state index in [9.17, 15) is 0 Å². The third kappa shape index (κ3) is 3.23. The van der Waals surface area contributed by atoms with Gasteiger partial charge >= 0.3 is 0 Å². The van der Waals surface area contributed by atoms with E-state index in [0.717, 1.165) is 30.5 Å². The van der Waals surface area contributed by atoms with Gasteiger partial charge in [-0.15, -0.1) is 0 Å². The molecule has 0 atom stereocenters. The van der Waals surface area contributed by atoms with Crippen molar-refractivity contribution in [2.75, 3.05) is 44.0 Å². The molecule has 2 rings (SSSR count). The molecule has 2 aromatic heterocycles. The maximum absolute atomic E-state index is 4.31. The summed E-state index contributed by atoms with van der Waals surface area (Å²) in [6.07, 6.45) is 3.49. The lowest BCUT2D eigenvalue weighted by Crippen LogP contribution is -2.28. The van der Waals surface area contributed by atoms with E-state index >= 15 is 0 Å². The average molecular weight is 260 g/mol. The van der Waals surface area contributed by atoms with Crippen LogP contribution in [0.1, 0.15) is 0 Å². The highest BCUT2D eigenvalue weighted by Crippen LogP contribution is 2.21. The van der Waals surface area contributed by atoms with Gasteiger partial charge in [-0.05, 0) is 19.2 Å². The zero-order valence-corrected chi connectivity index (χ0v) is 11.6. The largest absolute Gasteiger partial charge is 0.358 e. The highest BCUT2D eigenvalue weighted by atomic mass is 15.2. The first kappa shape index (κ1) is 13.4. The molecule has 0 bridgehead atoms. The first-order valence-corrected chi connectivity index (χ1v) is 6.27. The molecule has 6 heteroatoms. The third-order valence-corrected chi connectivity index (χ3v) is 3.01. The highest BCUT2D eigenvalue weighted by Gasteiger charge is 2.09. The molecule has 0 aliphatic heterocycles. The number of aromatic amines is 1. The number of nitrogens with zero attached hydrogens (tertiary/aromatic N) is 4. The van der Waals surface area contributed by atoms with Crippen molar-refractivity contribution < 1.29 is 0 Å². The van der Waals surface area contributed by atoms with Crippen LogP contribution in [0.2, 0.25) is 0 Å². The van der Waals surface area contributed by atoms with Crippen LogP contribution in [-0.4, -0.2) is 49.2 Å². The van der Waals surface area contributed by atoms with Gasteiger partial charge in [0.2, 0.25) is 0 Å². The van der Waals surface area contributed by atoms with E-state index in [0.29, 0.717) is 0 Å². The number of aromatic nitrogens is 3. The van der Waals surface area contributed by atoms with E-state index in [2.05, 4.69) is 25.2 Å². The number of anilines is 3. The maximum atomic E-state index is 4.31. The fourth-order valence-corrected chi connectivity index (χ4v) is 1.78. The van der Waals surface area contributed by atoms with Gasteiger partial charge in [0.15, 0.2) is 0 Å². The molecular weight excluding hydrogens is 240 g/mol. The van der Waals surface area contributed by atoms with Gasteiger partial charge in [0.05, 0.1) is 0 Å². The van der Waals surface area contributed by atoms with E-state index in [1.165, 1.54) is 0 Å². The smallest absolute Gasteiger partial charge is 0.139 e. The molecule has 0 saturated carbocycles. The molecule has 0 saturated heterocycles. The van der Waals surface area contributed by atoms with Gasteiger partial charge in [-0.25, -0.2) is 9.97 Å². The second-order valence-corrected chi connectivity index (χ2v) is 4.37. The first-order valence-electron chi connectivity index (χ1n) is 6.27. The lowest BCUT2D eigenvalue weighted by Gasteiger charge is -2.21. The average Bonchev–Trinajstić information content (AvgIpc) is 2.98. The fraction of sp³-hybridized carbons (Fsp3) is 0.385. The first-order chi connectivity index (χ1) is 9.22. The molecule has 0 fully saturated rings. The summed E-state index contributed by atoms with van der Waals surface area (Å²) >= 11 is 0. The fourth-order valence-electron chi connectivity index (χ4n) is 1.78. The van der Waals surface area contributed by atoms with Gasteiger partial charge in [0.1, 0.15) is 23.8 Å². The van der Waals surface area contributed by atoms with Crippen LogP contribution in [0.4, 0.5) is 17.5 Å². The Morgan fingerprint density at radius 3 is 2.74 bits per heavy atom. The molecule has 0 aliphatic rings. The number of rotatable bonds is 6. The van der Waals surface area contributed by atoms with Gasteiger partial charge in [-0.3, -0.25) is 0 Å². The molecule has 19 heavy (non-hydrogen) atoms. The van der Waals surface area contributed by atoms with Crippen LogP contribution in [0.25, 0.3) is 0 Å². The zero-order valence-electron chi connectivity index (χ0n) is 11.6. The molecule has 0 amide bonds. The molecule has 0 unspecified atom stereocenters. The van der Waals surface area contributed by atoms with Crippen LogP contribution in [-0.2, 0) is 0 Å². The number of likely N-dealkylation sites (N-methyl/N-ethyl adjacent to an activating group) is 2. The van der Waals surface area contributed by atoms with E-state index in [4.69, 9.17) is 0 Å². The molecule has 102 valence electrons. The van der Waals surface area contributed by atoms with E-state index in [1.807, 2.05) is 50.4 Å². The molecule has 0 spiro atoms. The van der Waals surface area contributed by atoms with Crippen LogP contribution >= 0.6 is 0 Å². The van der Waals surface area contributed by atoms with Gasteiger partial charge in [-0.1, -0.05) is 0 Å². The summed E-state index contributed by atoms with van der Waals surface area (Å²) in [5.74, 6) is 2.78. The normalized spacial score (nSPS) is 10.5. The van der Waals surface area contributed by atoms with Gasteiger partial charge in [-0.2, -0.15) is 0 Å². The maximum Gasteiger partial charge on any atom is 0.139 e. The SMILES string of the molecule is CNCCN(C)c1cc(N(C)c2ccc[nH]2)ncn1. The van der Waals surface area contributed by atoms with Crippen molar-refractivity contribution in [3.8, 4) is 0 Å². The van der Waals surface area contributed by atoms with Crippen LogP contribution in [0.15, 0.2) is 30.7 Å². The lowest BCUT2D eigenvalue weighted by atomic mass is 10.4. The number of hydrogen-bond acceptors (Lipinski definition) is 5. The van der Waals surface area contributed by atoms with Crippen LogP contribution in [0, 0.1) is 0 Å². The van der Waals surface area contributed by atoms with Crippen molar-refractivity contribution >= 4 is 17.5 Å². The second-order valence-electron chi connectivity index (χ2n) is 4.37. The summed E-state index contributed by atoms with van der Waals surface area (Å²) in [6, 6.07) is 5.95. The Hall–Kier alpha value is -2.08. The van der Waals surface area contributed by atoms with Crippen LogP contribution in [0.5, 0.6) is 0 Å². The Morgan fingerprint density at radius 1 is 1.26 bits per heavy atom. The Morgan fingerprint density at radius 2 is 2.05 bits per heavy atom. The second kappa shape index (κ2) is 6.19. The number of H-pyrrole nitrogens is 1.